The first kappa shape index (κ1) is 21.3. The predicted molar refractivity (Wildman–Crippen MR) is 93.2 cm³/mol. The third kappa shape index (κ3) is 6.95. The zero-order valence-corrected chi connectivity index (χ0v) is 14.9. The Morgan fingerprint density at radius 1 is 1.36 bits per heavy atom. The zero-order valence-electron chi connectivity index (χ0n) is 14.1. The fourth-order valence-electron chi connectivity index (χ4n) is 2.09. The van der Waals surface area contributed by atoms with Crippen LogP contribution in [0.2, 0.25) is 0 Å². The van der Waals surface area contributed by atoms with Crippen LogP contribution < -0.4 is 11.1 Å². The fraction of sp³-hybridized carbons (Fsp3) is 0.500. The summed E-state index contributed by atoms with van der Waals surface area (Å²) in [5, 5.41) is 2.64. The maximum atomic E-state index is 12.6. The van der Waals surface area contributed by atoms with E-state index in [2.05, 4.69) is 5.32 Å². The largest absolute Gasteiger partial charge is 0.471 e. The van der Waals surface area contributed by atoms with E-state index in [-0.39, 0.29) is 19.0 Å². The van der Waals surface area contributed by atoms with Gasteiger partial charge >= 0.3 is 12.1 Å². The molecule has 0 aliphatic heterocycles. The van der Waals surface area contributed by atoms with Crippen molar-refractivity contribution in [3.8, 4) is 0 Å². The number of thioether (sulfide) groups is 1. The first-order chi connectivity index (χ1) is 11.7. The molecule has 1 aromatic carbocycles. The second-order valence-electron chi connectivity index (χ2n) is 5.39. The number of benzene rings is 1. The van der Waals surface area contributed by atoms with Crippen molar-refractivity contribution in [2.24, 2.45) is 5.73 Å². The fourth-order valence-corrected chi connectivity index (χ4v) is 2.57. The van der Waals surface area contributed by atoms with E-state index in [9.17, 15) is 22.8 Å². The van der Waals surface area contributed by atoms with E-state index in [1.807, 2.05) is 6.26 Å². The monoisotopic (exact) mass is 377 g/mol. The smallest absolute Gasteiger partial charge is 0.331 e. The summed E-state index contributed by atoms with van der Waals surface area (Å²) in [4.78, 5) is 24.1. The molecule has 0 heterocycles. The number of amides is 2. The van der Waals surface area contributed by atoms with E-state index in [4.69, 9.17) is 5.73 Å². The molecule has 9 heteroatoms. The number of carbonyl (C=O) groups is 2. The number of rotatable bonds is 8. The number of halogens is 3. The van der Waals surface area contributed by atoms with E-state index in [1.54, 1.807) is 30.0 Å². The van der Waals surface area contributed by atoms with Crippen LogP contribution in [-0.4, -0.2) is 47.5 Å². The summed E-state index contributed by atoms with van der Waals surface area (Å²) in [5.41, 5.74) is 6.69. The lowest BCUT2D eigenvalue weighted by atomic mass is 10.1. The van der Waals surface area contributed by atoms with E-state index >= 15 is 0 Å². The minimum Gasteiger partial charge on any atom is -0.331 e. The van der Waals surface area contributed by atoms with Crippen molar-refractivity contribution in [3.63, 3.8) is 0 Å². The summed E-state index contributed by atoms with van der Waals surface area (Å²) in [5.74, 6) is -1.49. The molecule has 0 aromatic heterocycles. The van der Waals surface area contributed by atoms with Crippen LogP contribution in [0.1, 0.15) is 18.9 Å². The van der Waals surface area contributed by atoms with Crippen LogP contribution in [0.3, 0.4) is 0 Å². The molecule has 0 unspecified atom stereocenters. The Morgan fingerprint density at radius 3 is 2.60 bits per heavy atom. The van der Waals surface area contributed by atoms with Crippen molar-refractivity contribution in [3.05, 3.63) is 29.8 Å². The van der Waals surface area contributed by atoms with Crippen molar-refractivity contribution < 1.29 is 22.8 Å². The van der Waals surface area contributed by atoms with Crippen LogP contribution in [0.25, 0.3) is 0 Å². The molecular weight excluding hydrogens is 355 g/mol. The molecule has 1 rings (SSSR count). The lowest BCUT2D eigenvalue weighted by molar-refractivity contribution is -0.185. The Morgan fingerprint density at radius 2 is 2.04 bits per heavy atom. The summed E-state index contributed by atoms with van der Waals surface area (Å²) >= 11 is 1.58. The standard InChI is InChI=1S/C16H22F3N3O2S/c1-3-22(15(24)16(17,18)19)10-11-5-4-6-12(9-11)21-14(23)13(20)7-8-25-2/h4-6,9,13H,3,7-8,10,20H2,1-2H3,(H,21,23)/t13-/m0/s1. The van der Waals surface area contributed by atoms with Gasteiger partial charge in [0.2, 0.25) is 5.91 Å². The van der Waals surface area contributed by atoms with Gasteiger partial charge in [0.15, 0.2) is 0 Å². The third-order valence-corrected chi connectivity index (χ3v) is 4.09. The van der Waals surface area contributed by atoms with Crippen molar-refractivity contribution in [2.45, 2.75) is 32.1 Å². The van der Waals surface area contributed by atoms with Gasteiger partial charge in [-0.1, -0.05) is 12.1 Å². The first-order valence-electron chi connectivity index (χ1n) is 7.69. The Bertz CT molecular complexity index is 596. The van der Waals surface area contributed by atoms with Crippen LogP contribution in [-0.2, 0) is 16.1 Å². The highest BCUT2D eigenvalue weighted by atomic mass is 32.2. The van der Waals surface area contributed by atoms with Crippen molar-refractivity contribution in [1.29, 1.82) is 0 Å². The van der Waals surface area contributed by atoms with Gasteiger partial charge in [-0.2, -0.15) is 24.9 Å². The number of nitrogens with one attached hydrogen (secondary N) is 1. The van der Waals surface area contributed by atoms with Crippen LogP contribution >= 0.6 is 11.8 Å². The Hall–Kier alpha value is -1.74. The summed E-state index contributed by atoms with van der Waals surface area (Å²) in [7, 11) is 0. The zero-order chi connectivity index (χ0) is 19.0. The lowest BCUT2D eigenvalue weighted by Crippen LogP contribution is -2.40. The highest BCUT2D eigenvalue weighted by Gasteiger charge is 2.41. The predicted octanol–water partition coefficient (Wildman–Crippen LogP) is 2.62. The Labute approximate surface area is 149 Å². The molecule has 3 N–H and O–H groups in total. The number of nitrogens with two attached hydrogens (primary N) is 1. The van der Waals surface area contributed by atoms with Crippen LogP contribution in [0, 0.1) is 0 Å². The highest BCUT2D eigenvalue weighted by Crippen LogP contribution is 2.21. The number of carbonyl (C=O) groups excluding carboxylic acids is 2. The summed E-state index contributed by atoms with van der Waals surface area (Å²) in [6.45, 7) is 1.20. The highest BCUT2D eigenvalue weighted by molar-refractivity contribution is 7.98. The SMILES string of the molecule is CCN(Cc1cccc(NC(=O)[C@@H](N)CCSC)c1)C(=O)C(F)(F)F. The van der Waals surface area contributed by atoms with E-state index in [1.165, 1.54) is 13.0 Å². The molecule has 2 amide bonds. The lowest BCUT2D eigenvalue weighted by Gasteiger charge is -2.22. The number of nitrogens with zero attached hydrogens (tertiary/aromatic N) is 1. The maximum Gasteiger partial charge on any atom is 0.471 e. The van der Waals surface area contributed by atoms with Gasteiger partial charge in [-0.25, -0.2) is 0 Å². The topological polar surface area (TPSA) is 75.4 Å². The van der Waals surface area contributed by atoms with Crippen molar-refractivity contribution >= 4 is 29.3 Å². The van der Waals surface area contributed by atoms with Gasteiger partial charge in [-0.3, -0.25) is 9.59 Å². The summed E-state index contributed by atoms with van der Waals surface area (Å²) in [6, 6.07) is 5.69. The second-order valence-corrected chi connectivity index (χ2v) is 6.38. The molecule has 0 aliphatic carbocycles. The van der Waals surface area contributed by atoms with Gasteiger partial charge in [0.1, 0.15) is 0 Å². The number of alkyl halides is 3. The number of anilines is 1. The molecule has 0 fully saturated rings. The molecule has 0 bridgehead atoms. The average Bonchev–Trinajstić information content (AvgIpc) is 2.56. The quantitative estimate of drug-likeness (QED) is 0.730. The van der Waals surface area contributed by atoms with Crippen molar-refractivity contribution in [2.75, 3.05) is 23.9 Å². The molecule has 0 radical (unpaired) electrons. The van der Waals surface area contributed by atoms with Gasteiger partial charge < -0.3 is 16.0 Å². The maximum absolute atomic E-state index is 12.6. The minimum absolute atomic E-state index is 0.0749. The van der Waals surface area contributed by atoms with E-state index in [0.717, 1.165) is 5.75 Å². The second kappa shape index (κ2) is 9.67. The Balaban J connectivity index is 2.77. The van der Waals surface area contributed by atoms with Crippen LogP contribution in [0.15, 0.2) is 24.3 Å². The Kier molecular flexibility index (Phi) is 8.24. The molecule has 25 heavy (non-hydrogen) atoms. The molecule has 0 spiro atoms. The van der Waals surface area contributed by atoms with Gasteiger partial charge in [0.25, 0.3) is 0 Å². The molecule has 0 aliphatic rings. The first-order valence-corrected chi connectivity index (χ1v) is 9.08. The molecular formula is C16H22F3N3O2S. The van der Waals surface area contributed by atoms with E-state index in [0.29, 0.717) is 22.6 Å². The van der Waals surface area contributed by atoms with Gasteiger partial charge in [-0.05, 0) is 43.0 Å². The van der Waals surface area contributed by atoms with Crippen LogP contribution in [0.5, 0.6) is 0 Å². The number of hydrogen-bond donors (Lipinski definition) is 2. The molecule has 5 nitrogen and oxygen atoms in total. The third-order valence-electron chi connectivity index (χ3n) is 3.45. The normalized spacial score (nSPS) is 12.6. The van der Waals surface area contributed by atoms with E-state index < -0.39 is 18.1 Å². The summed E-state index contributed by atoms with van der Waals surface area (Å²) < 4.78 is 37.7. The van der Waals surface area contributed by atoms with Gasteiger partial charge in [0.05, 0.1) is 6.04 Å². The molecule has 1 atom stereocenters. The van der Waals surface area contributed by atoms with Crippen LogP contribution in [0.4, 0.5) is 18.9 Å². The minimum atomic E-state index is -4.91. The van der Waals surface area contributed by atoms with Gasteiger partial charge in [0, 0.05) is 18.8 Å². The summed E-state index contributed by atoms with van der Waals surface area (Å²) in [6.07, 6.45) is -2.47. The molecule has 0 saturated carbocycles. The molecule has 1 aromatic rings. The van der Waals surface area contributed by atoms with Gasteiger partial charge in [-0.15, -0.1) is 0 Å². The molecule has 0 saturated heterocycles. The number of hydrogen-bond acceptors (Lipinski definition) is 4. The average molecular weight is 377 g/mol. The van der Waals surface area contributed by atoms with Crippen molar-refractivity contribution in [1.82, 2.24) is 4.90 Å². The molecule has 140 valence electrons.